The number of nitrogens with zero attached hydrogens (tertiary/aromatic N) is 4. The Hall–Kier alpha value is -3.08. The van der Waals surface area contributed by atoms with E-state index in [-0.39, 0.29) is 34.3 Å². The zero-order chi connectivity index (χ0) is 25.8. The summed E-state index contributed by atoms with van der Waals surface area (Å²) < 4.78 is 18.8. The Morgan fingerprint density at radius 2 is 1.86 bits per heavy atom. The van der Waals surface area contributed by atoms with Crippen LogP contribution in [0, 0.1) is 21.8 Å². The van der Waals surface area contributed by atoms with Crippen LogP contribution in [0.4, 0.5) is 15.8 Å². The molecule has 3 aliphatic rings. The Morgan fingerprint density at radius 3 is 2.62 bits per heavy atom. The van der Waals surface area contributed by atoms with Gasteiger partial charge in [-0.1, -0.05) is 12.1 Å². The van der Waals surface area contributed by atoms with E-state index in [0.29, 0.717) is 26.1 Å². The fourth-order valence-corrected chi connectivity index (χ4v) is 5.74. The highest BCUT2D eigenvalue weighted by molar-refractivity contribution is 5.82. The second-order valence-corrected chi connectivity index (χ2v) is 10.1. The van der Waals surface area contributed by atoms with Gasteiger partial charge in [-0.25, -0.2) is 4.39 Å². The van der Waals surface area contributed by atoms with E-state index in [2.05, 4.69) is 20.0 Å². The van der Waals surface area contributed by atoms with Crippen molar-refractivity contribution < 1.29 is 18.8 Å². The van der Waals surface area contributed by atoms with Gasteiger partial charge in [0.1, 0.15) is 5.82 Å². The minimum atomic E-state index is -0.381. The van der Waals surface area contributed by atoms with Gasteiger partial charge in [0.25, 0.3) is 5.69 Å². The molecule has 2 saturated heterocycles. The van der Waals surface area contributed by atoms with Gasteiger partial charge in [0.2, 0.25) is 5.91 Å². The minimum absolute atomic E-state index is 0.00207. The van der Waals surface area contributed by atoms with E-state index in [1.165, 1.54) is 12.1 Å². The maximum atomic E-state index is 13.5. The van der Waals surface area contributed by atoms with Crippen molar-refractivity contribution in [2.24, 2.45) is 5.92 Å². The predicted molar refractivity (Wildman–Crippen MR) is 138 cm³/mol. The molecule has 0 radical (unpaired) electrons. The van der Waals surface area contributed by atoms with Crippen molar-refractivity contribution in [2.45, 2.75) is 25.4 Å². The predicted octanol–water partition coefficient (Wildman–Crippen LogP) is 2.44. The van der Waals surface area contributed by atoms with Crippen LogP contribution in [0.5, 0.6) is 0 Å². The van der Waals surface area contributed by atoms with Crippen molar-refractivity contribution in [3.8, 4) is 0 Å². The lowest BCUT2D eigenvalue weighted by Crippen LogP contribution is -2.61. The number of rotatable bonds is 8. The van der Waals surface area contributed by atoms with Crippen LogP contribution in [0.1, 0.15) is 17.5 Å². The smallest absolute Gasteiger partial charge is 0.269 e. The lowest BCUT2D eigenvalue weighted by molar-refractivity contribution is -0.384. The van der Waals surface area contributed by atoms with E-state index < -0.39 is 0 Å². The molecule has 1 N–H and O–H groups in total. The number of halogens is 1. The number of ether oxygens (including phenoxy) is 1. The van der Waals surface area contributed by atoms with E-state index in [1.54, 1.807) is 24.3 Å². The molecule has 2 aromatic carbocycles. The fraction of sp³-hybridized carbons (Fsp3) is 0.519. The number of fused-ring (bicyclic) bond motifs is 3. The third-order valence-electron chi connectivity index (χ3n) is 7.70. The lowest BCUT2D eigenvalue weighted by atomic mass is 9.83. The third kappa shape index (κ3) is 6.08. The summed E-state index contributed by atoms with van der Waals surface area (Å²) in [5.41, 5.74) is 2.92. The minimum Gasteiger partial charge on any atom is -0.379 e. The SMILES string of the molecule is O=C(NCCCN1CCOCC1)[C@H]1Cc2cc([N+](=O)[O-])ccc2N2CCN(Cc3ccc(F)cc3)C[C@H]12. The van der Waals surface area contributed by atoms with Crippen LogP contribution in [-0.4, -0.2) is 85.7 Å². The molecule has 10 heteroatoms. The van der Waals surface area contributed by atoms with Gasteiger partial charge in [0, 0.05) is 63.6 Å². The molecule has 0 saturated carbocycles. The van der Waals surface area contributed by atoms with Crippen LogP contribution >= 0.6 is 0 Å². The molecule has 0 aliphatic carbocycles. The van der Waals surface area contributed by atoms with E-state index in [4.69, 9.17) is 4.74 Å². The second kappa shape index (κ2) is 11.5. The van der Waals surface area contributed by atoms with Gasteiger partial charge in [0.05, 0.1) is 30.1 Å². The fourth-order valence-electron chi connectivity index (χ4n) is 5.74. The highest BCUT2D eigenvalue weighted by Gasteiger charge is 2.41. The number of benzene rings is 2. The number of piperazine rings is 1. The van der Waals surface area contributed by atoms with E-state index in [9.17, 15) is 19.3 Å². The first-order valence-corrected chi connectivity index (χ1v) is 13.1. The van der Waals surface area contributed by atoms with Crippen LogP contribution < -0.4 is 10.2 Å². The van der Waals surface area contributed by atoms with Crippen molar-refractivity contribution in [1.82, 2.24) is 15.1 Å². The molecule has 5 rings (SSSR count). The standard InChI is InChI=1S/C27H34FN5O4/c28-22-4-2-20(3-5-22)18-31-10-11-32-25-7-6-23(33(35)36)16-21(25)17-24(26(32)19-31)27(34)29-8-1-9-30-12-14-37-15-13-30/h2-7,16,24,26H,1,8-15,17-19H2,(H,29,34)/t24-,26+/m0/s1. The molecule has 2 aromatic rings. The molecule has 0 bridgehead atoms. The molecule has 198 valence electrons. The Kier molecular flexibility index (Phi) is 7.97. The quantitative estimate of drug-likeness (QED) is 0.331. The Bertz CT molecular complexity index is 1110. The first-order valence-electron chi connectivity index (χ1n) is 13.1. The number of non-ortho nitro benzene ring substituents is 1. The van der Waals surface area contributed by atoms with Crippen LogP contribution in [0.15, 0.2) is 42.5 Å². The second-order valence-electron chi connectivity index (χ2n) is 10.1. The highest BCUT2D eigenvalue weighted by atomic mass is 19.1. The topological polar surface area (TPSA) is 91.2 Å². The van der Waals surface area contributed by atoms with Gasteiger partial charge in [-0.05, 0) is 48.7 Å². The molecule has 0 spiro atoms. The summed E-state index contributed by atoms with van der Waals surface area (Å²) in [6, 6.07) is 11.5. The van der Waals surface area contributed by atoms with Gasteiger partial charge in [-0.3, -0.25) is 24.7 Å². The summed E-state index contributed by atoms with van der Waals surface area (Å²) in [5.74, 6) is -0.566. The number of nitrogens with one attached hydrogen (secondary N) is 1. The number of carbonyl (C=O) groups is 1. The molecule has 2 atom stereocenters. The van der Waals surface area contributed by atoms with Crippen molar-refractivity contribution in [3.05, 3.63) is 69.5 Å². The molecule has 0 aromatic heterocycles. The van der Waals surface area contributed by atoms with E-state index in [1.807, 2.05) is 6.07 Å². The number of nitro groups is 1. The van der Waals surface area contributed by atoms with Crippen LogP contribution in [0.3, 0.4) is 0 Å². The molecular formula is C27H34FN5O4. The normalized spacial score (nSPS) is 22.2. The molecular weight excluding hydrogens is 477 g/mol. The molecule has 3 aliphatic heterocycles. The highest BCUT2D eigenvalue weighted by Crippen LogP contribution is 2.38. The van der Waals surface area contributed by atoms with Crippen molar-refractivity contribution in [2.75, 3.05) is 63.9 Å². The molecule has 9 nitrogen and oxygen atoms in total. The van der Waals surface area contributed by atoms with Crippen molar-refractivity contribution in [1.29, 1.82) is 0 Å². The van der Waals surface area contributed by atoms with Crippen LogP contribution in [0.25, 0.3) is 0 Å². The number of hydrogen-bond acceptors (Lipinski definition) is 7. The average Bonchev–Trinajstić information content (AvgIpc) is 2.92. The number of amides is 1. The summed E-state index contributed by atoms with van der Waals surface area (Å²) in [4.78, 5) is 31.4. The first kappa shape index (κ1) is 25.6. The largest absolute Gasteiger partial charge is 0.379 e. The summed E-state index contributed by atoms with van der Waals surface area (Å²) in [5, 5.41) is 14.5. The van der Waals surface area contributed by atoms with Gasteiger partial charge >= 0.3 is 0 Å². The Morgan fingerprint density at radius 1 is 1.08 bits per heavy atom. The molecule has 2 fully saturated rings. The average molecular weight is 512 g/mol. The van der Waals surface area contributed by atoms with Gasteiger partial charge in [-0.2, -0.15) is 0 Å². The zero-order valence-electron chi connectivity index (χ0n) is 21.0. The number of anilines is 1. The number of hydrogen-bond donors (Lipinski definition) is 1. The maximum Gasteiger partial charge on any atom is 0.269 e. The number of nitro benzene ring substituents is 1. The maximum absolute atomic E-state index is 13.5. The Labute approximate surface area is 216 Å². The van der Waals surface area contributed by atoms with Gasteiger partial charge in [-0.15, -0.1) is 0 Å². The molecule has 0 unspecified atom stereocenters. The lowest BCUT2D eigenvalue weighted by Gasteiger charge is -2.49. The molecule has 1 amide bonds. The summed E-state index contributed by atoms with van der Waals surface area (Å²) in [6.45, 7) is 7.77. The van der Waals surface area contributed by atoms with Crippen LogP contribution in [0.2, 0.25) is 0 Å². The summed E-state index contributed by atoms with van der Waals surface area (Å²) in [6.07, 6.45) is 1.34. The summed E-state index contributed by atoms with van der Waals surface area (Å²) in [7, 11) is 0. The zero-order valence-corrected chi connectivity index (χ0v) is 21.0. The van der Waals surface area contributed by atoms with Crippen molar-refractivity contribution >= 4 is 17.3 Å². The van der Waals surface area contributed by atoms with Crippen LogP contribution in [-0.2, 0) is 22.5 Å². The van der Waals surface area contributed by atoms with E-state index in [0.717, 1.165) is 69.2 Å². The van der Waals surface area contributed by atoms with E-state index >= 15 is 0 Å². The number of morpholine rings is 1. The van der Waals surface area contributed by atoms with Gasteiger partial charge < -0.3 is 15.0 Å². The third-order valence-corrected chi connectivity index (χ3v) is 7.70. The summed E-state index contributed by atoms with van der Waals surface area (Å²) >= 11 is 0. The first-order chi connectivity index (χ1) is 18.0. The Balaban J connectivity index is 1.28. The van der Waals surface area contributed by atoms with Gasteiger partial charge in [0.15, 0.2) is 0 Å². The molecule has 3 heterocycles. The van der Waals surface area contributed by atoms with Crippen molar-refractivity contribution in [3.63, 3.8) is 0 Å². The molecule has 37 heavy (non-hydrogen) atoms. The monoisotopic (exact) mass is 511 g/mol. The number of carbonyl (C=O) groups excluding carboxylic acids is 1.